The Bertz CT molecular complexity index is 4490. The number of hydrogen-bond acceptors (Lipinski definition) is 6. The zero-order valence-electron chi connectivity index (χ0n) is 47.2. The van der Waals surface area contributed by atoms with Crippen LogP contribution in [0.25, 0.3) is 0 Å². The third kappa shape index (κ3) is 7.90. The zero-order chi connectivity index (χ0) is 56.7. The summed E-state index contributed by atoms with van der Waals surface area (Å²) in [5, 5.41) is 0. The van der Waals surface area contributed by atoms with E-state index in [9.17, 15) is 0 Å². The van der Waals surface area contributed by atoms with Crippen LogP contribution in [0.1, 0.15) is 0 Å². The van der Waals surface area contributed by atoms with Gasteiger partial charge in [0.15, 0.2) is 0 Å². The van der Waals surface area contributed by atoms with Gasteiger partial charge in [-0.2, -0.15) is 0 Å². The molecule has 0 bridgehead atoms. The van der Waals surface area contributed by atoms with Crippen molar-refractivity contribution in [1.82, 2.24) is 0 Å². The van der Waals surface area contributed by atoms with Crippen LogP contribution in [0.2, 0.25) is 5.82 Å². The molecule has 12 aromatic rings. The molecule has 0 saturated heterocycles. The minimum Gasteiger partial charge on any atom is -0.335 e. The van der Waals surface area contributed by atoms with Crippen molar-refractivity contribution < 1.29 is 0 Å². The van der Waals surface area contributed by atoms with Crippen LogP contribution >= 0.6 is 0 Å². The third-order valence-corrected chi connectivity index (χ3v) is 18.1. The van der Waals surface area contributed by atoms with Gasteiger partial charge in [-0.05, 0) is 156 Å². The molecular weight excluding hydrogens is 1040 g/mol. The van der Waals surface area contributed by atoms with Crippen molar-refractivity contribution >= 4 is 126 Å². The first-order chi connectivity index (χ1) is 42.7. The van der Waals surface area contributed by atoms with Crippen molar-refractivity contribution in [2.45, 2.75) is 11.9 Å². The van der Waals surface area contributed by atoms with E-state index in [4.69, 9.17) is 0 Å². The van der Waals surface area contributed by atoms with Crippen LogP contribution in [0.15, 0.2) is 339 Å². The molecule has 0 fully saturated rings. The molecule has 0 saturated carbocycles. The number of benzene rings is 12. The smallest absolute Gasteiger partial charge is 0.252 e. The first-order valence-electron chi connectivity index (χ1n) is 29.9. The SMILES string of the molecule is C1=C(N(c2ccccc2)c2ccccc2)C=C2C3B(c4cc5c(cc4N2c2ccccc2)N(c2ccccc2)c2cc(N(c4ccccc4)c4ccccc4)cc4c2B5c2ccccc2N4c2ccccc2)c2ccccc2N(c2ccccc2)C13. The average Bonchev–Trinajstić information content (AvgIpc) is 0.703. The van der Waals surface area contributed by atoms with Crippen molar-refractivity contribution in [3.05, 3.63) is 339 Å². The van der Waals surface area contributed by atoms with Crippen LogP contribution in [0.5, 0.6) is 0 Å². The highest BCUT2D eigenvalue weighted by molar-refractivity contribution is 7.01. The molecule has 404 valence electrons. The van der Waals surface area contributed by atoms with Crippen molar-refractivity contribution in [1.29, 1.82) is 0 Å². The second-order valence-corrected chi connectivity index (χ2v) is 22.8. The fourth-order valence-electron chi connectivity index (χ4n) is 14.8. The van der Waals surface area contributed by atoms with E-state index in [-0.39, 0.29) is 25.3 Å². The van der Waals surface area contributed by atoms with E-state index in [0.29, 0.717) is 0 Å². The lowest BCUT2D eigenvalue weighted by Crippen LogP contribution is -2.66. The van der Waals surface area contributed by atoms with Crippen LogP contribution in [-0.2, 0) is 0 Å². The lowest BCUT2D eigenvalue weighted by Gasteiger charge is -2.54. The zero-order valence-corrected chi connectivity index (χ0v) is 47.2. The van der Waals surface area contributed by atoms with Gasteiger partial charge in [0.25, 0.3) is 6.71 Å². The van der Waals surface area contributed by atoms with Gasteiger partial charge < -0.3 is 29.4 Å². The van der Waals surface area contributed by atoms with Gasteiger partial charge in [0.2, 0.25) is 6.71 Å². The van der Waals surface area contributed by atoms with Crippen LogP contribution in [0, 0.1) is 0 Å². The molecular formula is C78H56B2N6. The molecule has 5 aliphatic rings. The number of anilines is 15. The first kappa shape index (κ1) is 49.6. The van der Waals surface area contributed by atoms with Crippen LogP contribution in [0.3, 0.4) is 0 Å². The van der Waals surface area contributed by atoms with Gasteiger partial charge >= 0.3 is 0 Å². The van der Waals surface area contributed by atoms with Crippen molar-refractivity contribution in [3.8, 4) is 0 Å². The number of nitrogens with zero attached hydrogens (tertiary/aromatic N) is 6. The molecule has 2 atom stereocenters. The number of fused-ring (bicyclic) bond motifs is 8. The molecule has 2 unspecified atom stereocenters. The lowest BCUT2D eigenvalue weighted by atomic mass is 9.27. The minimum absolute atomic E-state index is 0.0126. The molecule has 4 aliphatic heterocycles. The summed E-state index contributed by atoms with van der Waals surface area (Å²) in [5.74, 6) is -0.0126. The average molecular weight is 1100 g/mol. The molecule has 12 aromatic carbocycles. The van der Waals surface area contributed by atoms with Gasteiger partial charge in [0.1, 0.15) is 0 Å². The molecule has 0 aromatic heterocycles. The molecule has 1 aliphatic carbocycles. The van der Waals surface area contributed by atoms with Crippen molar-refractivity contribution in [2.75, 3.05) is 29.4 Å². The first-order valence-corrected chi connectivity index (χ1v) is 29.9. The van der Waals surface area contributed by atoms with E-state index in [1.165, 1.54) is 50.1 Å². The maximum Gasteiger partial charge on any atom is 0.252 e. The minimum atomic E-state index is -0.131. The van der Waals surface area contributed by atoms with E-state index >= 15 is 0 Å². The third-order valence-electron chi connectivity index (χ3n) is 18.1. The van der Waals surface area contributed by atoms with E-state index in [1.807, 2.05) is 0 Å². The van der Waals surface area contributed by atoms with E-state index in [2.05, 4.69) is 357 Å². The quantitative estimate of drug-likeness (QED) is 0.126. The molecule has 6 nitrogen and oxygen atoms in total. The number of allylic oxidation sites excluding steroid dienone is 1. The summed E-state index contributed by atoms with van der Waals surface area (Å²) in [4.78, 5) is 15.2. The predicted molar refractivity (Wildman–Crippen MR) is 363 cm³/mol. The summed E-state index contributed by atoms with van der Waals surface area (Å²) in [6, 6.07) is 116. The number of para-hydroxylation sites is 10. The fraction of sp³-hybridized carbons (Fsp3) is 0.0256. The molecule has 4 heterocycles. The largest absolute Gasteiger partial charge is 0.335 e. The number of hydrogen-bond donors (Lipinski definition) is 0. The van der Waals surface area contributed by atoms with Gasteiger partial charge in [-0.15, -0.1) is 0 Å². The van der Waals surface area contributed by atoms with Gasteiger partial charge in [-0.25, -0.2) is 0 Å². The van der Waals surface area contributed by atoms with E-state index < -0.39 is 0 Å². The molecule has 86 heavy (non-hydrogen) atoms. The Hall–Kier alpha value is -11.0. The van der Waals surface area contributed by atoms with Crippen molar-refractivity contribution in [2.24, 2.45) is 0 Å². The molecule has 8 heteroatoms. The number of rotatable bonds is 10. The van der Waals surface area contributed by atoms with Crippen LogP contribution in [0.4, 0.5) is 85.3 Å². The standard InChI is InChI=1S/C78H56B2N6/c1-9-29-55(30-10-1)81(56-31-11-2-12-32-56)63-49-73-77-75(51-63)85(61-41-21-7-22-42-61)71-54-72-68(53-67(71)79(77)65-45-25-27-47-69(65)83(73)59-37-17-5-18-38-59)80-66-46-26-28-48-70(66)84(60-39-19-6-20-40-60)74-50-64(52-76(78(74)80)86(72)62-43-23-8-24-44-62)82(57-33-13-3-14-34-57)58-35-15-4-16-36-58/h1-54,73,77H. The Morgan fingerprint density at radius 3 is 1.22 bits per heavy atom. The molecule has 0 radical (unpaired) electrons. The Kier molecular flexibility index (Phi) is 11.8. The summed E-state index contributed by atoms with van der Waals surface area (Å²) < 4.78 is 0. The van der Waals surface area contributed by atoms with Crippen molar-refractivity contribution in [3.63, 3.8) is 0 Å². The summed E-state index contributed by atoms with van der Waals surface area (Å²) in [5.41, 5.74) is 25.7. The highest BCUT2D eigenvalue weighted by Gasteiger charge is 2.54. The Balaban J connectivity index is 0.985. The molecule has 17 rings (SSSR count). The van der Waals surface area contributed by atoms with E-state index in [0.717, 1.165) is 73.9 Å². The van der Waals surface area contributed by atoms with Gasteiger partial charge in [0, 0.05) is 96.8 Å². The summed E-state index contributed by atoms with van der Waals surface area (Å²) in [7, 11) is 0. The lowest BCUT2D eigenvalue weighted by molar-refractivity contribution is 0.713. The molecule has 0 spiro atoms. The van der Waals surface area contributed by atoms with Gasteiger partial charge in [-0.1, -0.05) is 199 Å². The second-order valence-electron chi connectivity index (χ2n) is 22.8. The Labute approximate surface area is 503 Å². The Morgan fingerprint density at radius 1 is 0.291 bits per heavy atom. The topological polar surface area (TPSA) is 19.4 Å². The van der Waals surface area contributed by atoms with Gasteiger partial charge in [0.05, 0.1) is 11.7 Å². The summed E-state index contributed by atoms with van der Waals surface area (Å²) >= 11 is 0. The highest BCUT2D eigenvalue weighted by atomic mass is 15.2. The predicted octanol–water partition coefficient (Wildman–Crippen LogP) is 16.5. The maximum atomic E-state index is 2.66. The van der Waals surface area contributed by atoms with E-state index in [1.54, 1.807) is 0 Å². The fourth-order valence-corrected chi connectivity index (χ4v) is 14.8. The monoisotopic (exact) mass is 1100 g/mol. The highest BCUT2D eigenvalue weighted by Crippen LogP contribution is 2.54. The normalized spacial score (nSPS) is 15.7. The Morgan fingerprint density at radius 2 is 0.698 bits per heavy atom. The van der Waals surface area contributed by atoms with Crippen LogP contribution in [-0.4, -0.2) is 19.5 Å². The van der Waals surface area contributed by atoms with Crippen LogP contribution < -0.4 is 56.7 Å². The summed E-state index contributed by atoms with van der Waals surface area (Å²) in [6.45, 7) is -0.158. The second kappa shape index (κ2) is 20.4. The van der Waals surface area contributed by atoms with Gasteiger partial charge in [-0.3, -0.25) is 0 Å². The molecule has 0 N–H and O–H groups in total. The molecule has 0 amide bonds. The maximum absolute atomic E-state index is 2.66. The summed E-state index contributed by atoms with van der Waals surface area (Å²) in [6.07, 6.45) is 5.08.